The highest BCUT2D eigenvalue weighted by Gasteiger charge is 2.03. The van der Waals surface area contributed by atoms with Crippen LogP contribution >= 0.6 is 35.4 Å². The van der Waals surface area contributed by atoms with Crippen LogP contribution in [0.3, 0.4) is 0 Å². The largest absolute Gasteiger partial charge is 0.375 e. The second kappa shape index (κ2) is 7.38. The van der Waals surface area contributed by atoms with Crippen molar-refractivity contribution >= 4 is 52.1 Å². The first-order chi connectivity index (χ1) is 8.51. The molecule has 0 spiro atoms. The van der Waals surface area contributed by atoms with E-state index >= 15 is 0 Å². The van der Waals surface area contributed by atoms with Gasteiger partial charge in [0, 0.05) is 22.8 Å². The number of rotatable bonds is 3. The normalized spacial score (nSPS) is 9.72. The van der Waals surface area contributed by atoms with Crippen molar-refractivity contribution in [2.24, 2.45) is 0 Å². The Bertz CT molecular complexity index is 436. The van der Waals surface area contributed by atoms with Gasteiger partial charge in [-0.05, 0) is 30.4 Å². The van der Waals surface area contributed by atoms with Gasteiger partial charge in [0.2, 0.25) is 0 Å². The van der Waals surface area contributed by atoms with Crippen LogP contribution in [0.5, 0.6) is 0 Å². The highest BCUT2D eigenvalue weighted by atomic mass is 35.5. The minimum atomic E-state index is -0.342. The summed E-state index contributed by atoms with van der Waals surface area (Å²) >= 11 is 16.6. The molecule has 0 heterocycles. The van der Waals surface area contributed by atoms with Gasteiger partial charge in [-0.1, -0.05) is 23.2 Å². The summed E-state index contributed by atoms with van der Waals surface area (Å²) in [5.74, 6) is -0.342. The average Bonchev–Trinajstić information content (AvgIpc) is 2.25. The number of ether oxygens (including phenoxy) is 1. The third kappa shape index (κ3) is 5.50. The lowest BCUT2D eigenvalue weighted by molar-refractivity contribution is -0.125. The van der Waals surface area contributed by atoms with E-state index in [2.05, 4.69) is 20.9 Å². The number of halogens is 2. The lowest BCUT2D eigenvalue weighted by atomic mass is 10.3. The van der Waals surface area contributed by atoms with Crippen LogP contribution in [-0.2, 0) is 9.53 Å². The van der Waals surface area contributed by atoms with Crippen molar-refractivity contribution in [1.82, 2.24) is 10.9 Å². The van der Waals surface area contributed by atoms with Crippen molar-refractivity contribution in [2.45, 2.75) is 0 Å². The van der Waals surface area contributed by atoms with Gasteiger partial charge in [-0.25, -0.2) is 0 Å². The Balaban J connectivity index is 2.47. The SMILES string of the molecule is COCC(=O)NNC(=S)Nc1cc(Cl)cc(Cl)c1. The number of amides is 1. The van der Waals surface area contributed by atoms with Gasteiger partial charge in [0.05, 0.1) is 0 Å². The number of carbonyl (C=O) groups is 1. The highest BCUT2D eigenvalue weighted by Crippen LogP contribution is 2.22. The van der Waals surface area contributed by atoms with Crippen molar-refractivity contribution in [1.29, 1.82) is 0 Å². The molecule has 1 aromatic carbocycles. The molecule has 98 valence electrons. The molecule has 0 aliphatic carbocycles. The number of benzene rings is 1. The number of methoxy groups -OCH3 is 1. The molecule has 0 bridgehead atoms. The van der Waals surface area contributed by atoms with Gasteiger partial charge in [0.1, 0.15) is 6.61 Å². The maximum absolute atomic E-state index is 11.1. The van der Waals surface area contributed by atoms with Gasteiger partial charge in [-0.3, -0.25) is 15.6 Å². The molecule has 18 heavy (non-hydrogen) atoms. The zero-order chi connectivity index (χ0) is 13.5. The van der Waals surface area contributed by atoms with Gasteiger partial charge in [-0.15, -0.1) is 0 Å². The Morgan fingerprint density at radius 1 is 1.28 bits per heavy atom. The Kier molecular flexibility index (Phi) is 6.14. The molecule has 8 heteroatoms. The van der Waals surface area contributed by atoms with Crippen molar-refractivity contribution in [3.8, 4) is 0 Å². The summed E-state index contributed by atoms with van der Waals surface area (Å²) in [6.07, 6.45) is 0. The van der Waals surface area contributed by atoms with Gasteiger partial charge in [-0.2, -0.15) is 0 Å². The summed E-state index contributed by atoms with van der Waals surface area (Å²) in [7, 11) is 1.42. The number of hydrazine groups is 1. The van der Waals surface area contributed by atoms with Crippen LogP contribution in [-0.4, -0.2) is 24.7 Å². The molecule has 0 fully saturated rings. The molecule has 1 amide bonds. The molecule has 0 saturated carbocycles. The quantitative estimate of drug-likeness (QED) is 0.588. The molecule has 0 aromatic heterocycles. The van der Waals surface area contributed by atoms with Crippen LogP contribution < -0.4 is 16.2 Å². The number of hydrogen-bond acceptors (Lipinski definition) is 3. The molecule has 5 nitrogen and oxygen atoms in total. The first kappa shape index (κ1) is 15.0. The van der Waals surface area contributed by atoms with Crippen LogP contribution in [0.4, 0.5) is 5.69 Å². The van der Waals surface area contributed by atoms with Crippen molar-refractivity contribution in [3.63, 3.8) is 0 Å². The zero-order valence-corrected chi connectivity index (χ0v) is 11.7. The topological polar surface area (TPSA) is 62.4 Å². The van der Waals surface area contributed by atoms with Gasteiger partial charge >= 0.3 is 0 Å². The van der Waals surface area contributed by atoms with Crippen LogP contribution in [0.15, 0.2) is 18.2 Å². The number of thiocarbonyl (C=S) groups is 1. The van der Waals surface area contributed by atoms with Crippen molar-refractivity contribution in [2.75, 3.05) is 19.0 Å². The lowest BCUT2D eigenvalue weighted by Gasteiger charge is -2.11. The van der Waals surface area contributed by atoms with E-state index in [1.165, 1.54) is 7.11 Å². The molecule has 1 aromatic rings. The number of hydrogen-bond donors (Lipinski definition) is 3. The summed E-state index contributed by atoms with van der Waals surface area (Å²) in [6.45, 7) is -0.0569. The van der Waals surface area contributed by atoms with Crippen LogP contribution in [0, 0.1) is 0 Å². The second-order valence-corrected chi connectivity index (χ2v) is 4.50. The highest BCUT2D eigenvalue weighted by molar-refractivity contribution is 7.80. The van der Waals surface area contributed by atoms with Crippen molar-refractivity contribution in [3.05, 3.63) is 28.2 Å². The minimum absolute atomic E-state index is 0.0569. The number of carbonyl (C=O) groups excluding carboxylic acids is 1. The van der Waals surface area contributed by atoms with E-state index in [9.17, 15) is 4.79 Å². The fraction of sp³-hybridized carbons (Fsp3) is 0.200. The predicted molar refractivity (Wildman–Crippen MR) is 75.8 cm³/mol. The standard InChI is InChI=1S/C10H11Cl2N3O2S/c1-17-5-9(16)14-15-10(18)13-8-3-6(11)2-7(12)4-8/h2-4H,5H2,1H3,(H,14,16)(H2,13,15,18). The van der Waals surface area contributed by atoms with Gasteiger partial charge < -0.3 is 10.1 Å². The minimum Gasteiger partial charge on any atom is -0.375 e. The molecule has 1 rings (SSSR count). The smallest absolute Gasteiger partial charge is 0.264 e. The van der Waals surface area contributed by atoms with E-state index in [0.29, 0.717) is 15.7 Å². The summed E-state index contributed by atoms with van der Waals surface area (Å²) in [5.41, 5.74) is 5.48. The van der Waals surface area contributed by atoms with Crippen molar-refractivity contribution < 1.29 is 9.53 Å². The Morgan fingerprint density at radius 2 is 1.89 bits per heavy atom. The lowest BCUT2D eigenvalue weighted by Crippen LogP contribution is -2.45. The molecule has 0 unspecified atom stereocenters. The van der Waals surface area contributed by atoms with E-state index in [1.807, 2.05) is 0 Å². The maximum Gasteiger partial charge on any atom is 0.264 e. The van der Waals surface area contributed by atoms with Crippen LogP contribution in [0.25, 0.3) is 0 Å². The summed E-state index contributed by atoms with van der Waals surface area (Å²) in [6, 6.07) is 4.90. The zero-order valence-electron chi connectivity index (χ0n) is 9.42. The van der Waals surface area contributed by atoms with E-state index in [0.717, 1.165) is 0 Å². The fourth-order valence-corrected chi connectivity index (χ4v) is 1.78. The summed E-state index contributed by atoms with van der Waals surface area (Å²) in [4.78, 5) is 11.1. The first-order valence-electron chi connectivity index (χ1n) is 4.82. The molecule has 0 atom stereocenters. The Labute approximate surface area is 120 Å². The number of nitrogens with one attached hydrogen (secondary N) is 3. The third-order valence-electron chi connectivity index (χ3n) is 1.71. The summed E-state index contributed by atoms with van der Waals surface area (Å²) < 4.78 is 4.64. The number of anilines is 1. The molecule has 0 aliphatic rings. The third-order valence-corrected chi connectivity index (χ3v) is 2.35. The molecular formula is C10H11Cl2N3O2S. The van der Waals surface area contributed by atoms with Gasteiger partial charge in [0.25, 0.3) is 5.91 Å². The maximum atomic E-state index is 11.1. The second-order valence-electron chi connectivity index (χ2n) is 3.22. The van der Waals surface area contributed by atoms with Crippen LogP contribution in [0.1, 0.15) is 0 Å². The van der Waals surface area contributed by atoms with Gasteiger partial charge in [0.15, 0.2) is 5.11 Å². The molecular weight excluding hydrogens is 297 g/mol. The van der Waals surface area contributed by atoms with Crippen LogP contribution in [0.2, 0.25) is 10.0 Å². The predicted octanol–water partition coefficient (Wildman–Crippen LogP) is 1.96. The monoisotopic (exact) mass is 307 g/mol. The fourth-order valence-electron chi connectivity index (χ4n) is 1.08. The average molecular weight is 308 g/mol. The first-order valence-corrected chi connectivity index (χ1v) is 5.98. The van der Waals surface area contributed by atoms with E-state index in [1.54, 1.807) is 18.2 Å². The molecule has 0 aliphatic heterocycles. The van der Waals surface area contributed by atoms with E-state index < -0.39 is 0 Å². The van der Waals surface area contributed by atoms with E-state index in [4.69, 9.17) is 35.4 Å². The molecule has 0 saturated heterocycles. The molecule has 3 N–H and O–H groups in total. The summed E-state index contributed by atoms with van der Waals surface area (Å²) in [5, 5.41) is 3.99. The Hall–Kier alpha value is -1.08. The molecule has 0 radical (unpaired) electrons. The van der Waals surface area contributed by atoms with E-state index in [-0.39, 0.29) is 17.6 Å². The Morgan fingerprint density at radius 3 is 2.44 bits per heavy atom.